The van der Waals surface area contributed by atoms with Crippen molar-refractivity contribution >= 4 is 0 Å². The fourth-order valence-electron chi connectivity index (χ4n) is 2.28. The maximum atomic E-state index is 5.50. The zero-order valence-electron chi connectivity index (χ0n) is 12.6. The molecule has 0 aromatic heterocycles. The molecule has 17 heavy (non-hydrogen) atoms. The van der Waals surface area contributed by atoms with E-state index in [-0.39, 0.29) is 0 Å². The van der Waals surface area contributed by atoms with Crippen molar-refractivity contribution in [2.45, 2.75) is 78.4 Å². The van der Waals surface area contributed by atoms with E-state index in [1.165, 1.54) is 38.5 Å². The van der Waals surface area contributed by atoms with Crippen LogP contribution in [-0.2, 0) is 4.74 Å². The molecule has 1 N–H and O–H groups in total. The van der Waals surface area contributed by atoms with E-state index in [0.29, 0.717) is 12.1 Å². The molecule has 0 aliphatic rings. The predicted octanol–water partition coefficient (Wildman–Crippen LogP) is 4.00. The van der Waals surface area contributed by atoms with Gasteiger partial charge in [-0.2, -0.15) is 0 Å². The van der Waals surface area contributed by atoms with Gasteiger partial charge in [-0.3, -0.25) is 0 Å². The fourth-order valence-corrected chi connectivity index (χ4v) is 2.28. The monoisotopic (exact) mass is 243 g/mol. The van der Waals surface area contributed by atoms with Crippen LogP contribution in [0.15, 0.2) is 0 Å². The molecule has 0 heterocycles. The largest absolute Gasteiger partial charge is 0.380 e. The van der Waals surface area contributed by atoms with Crippen LogP contribution in [0.5, 0.6) is 0 Å². The Bertz CT molecular complexity index is 161. The molecule has 0 saturated carbocycles. The highest BCUT2D eigenvalue weighted by Crippen LogP contribution is 2.20. The van der Waals surface area contributed by atoms with Gasteiger partial charge in [0.15, 0.2) is 0 Å². The molecule has 0 fully saturated rings. The summed E-state index contributed by atoms with van der Waals surface area (Å²) < 4.78 is 5.50. The Morgan fingerprint density at radius 1 is 1.12 bits per heavy atom. The van der Waals surface area contributed by atoms with E-state index in [2.05, 4.69) is 33.0 Å². The number of rotatable bonds is 11. The van der Waals surface area contributed by atoms with Gasteiger partial charge < -0.3 is 10.1 Å². The maximum Gasteiger partial charge on any atom is 0.0696 e. The Balaban J connectivity index is 4.16. The van der Waals surface area contributed by atoms with Crippen molar-refractivity contribution in [3.8, 4) is 0 Å². The Labute approximate surface area is 109 Å². The average Bonchev–Trinajstić information content (AvgIpc) is 2.37. The lowest BCUT2D eigenvalue weighted by Crippen LogP contribution is -2.41. The Hall–Kier alpha value is -0.0800. The Morgan fingerprint density at radius 3 is 2.29 bits per heavy atom. The van der Waals surface area contributed by atoms with Crippen LogP contribution in [0, 0.1) is 5.92 Å². The summed E-state index contributed by atoms with van der Waals surface area (Å²) in [6.07, 6.45) is 8.10. The molecule has 2 heteroatoms. The minimum Gasteiger partial charge on any atom is -0.380 e. The molecule has 0 aromatic rings. The highest BCUT2D eigenvalue weighted by Gasteiger charge is 2.20. The summed E-state index contributed by atoms with van der Waals surface area (Å²) in [5, 5.41) is 3.64. The van der Waals surface area contributed by atoms with Crippen molar-refractivity contribution in [3.05, 3.63) is 0 Å². The molecule has 104 valence electrons. The van der Waals surface area contributed by atoms with Crippen LogP contribution < -0.4 is 5.32 Å². The van der Waals surface area contributed by atoms with E-state index in [1.54, 1.807) is 0 Å². The zero-order valence-corrected chi connectivity index (χ0v) is 12.6. The molecule has 0 aliphatic heterocycles. The van der Waals surface area contributed by atoms with E-state index < -0.39 is 0 Å². The number of nitrogens with one attached hydrogen (secondary N) is 1. The minimum atomic E-state index is 0.317. The normalized spacial score (nSPS) is 16.8. The van der Waals surface area contributed by atoms with Gasteiger partial charge in [-0.05, 0) is 32.2 Å². The van der Waals surface area contributed by atoms with E-state index in [0.717, 1.165) is 12.5 Å². The van der Waals surface area contributed by atoms with Crippen LogP contribution >= 0.6 is 0 Å². The van der Waals surface area contributed by atoms with Crippen LogP contribution in [0.3, 0.4) is 0 Å². The number of methoxy groups -OCH3 is 1. The van der Waals surface area contributed by atoms with Gasteiger partial charge >= 0.3 is 0 Å². The number of hydrogen-bond acceptors (Lipinski definition) is 2. The molecule has 0 amide bonds. The topological polar surface area (TPSA) is 21.3 Å². The standard InChI is InChI=1S/C15H33NO/c1-6-9-10-14(8-3)12-15(13(4)17-5)16-11-7-2/h13-16H,6-12H2,1-5H3. The SMILES string of the molecule is CCCCC(CC)CC(NCCC)C(C)OC. The maximum absolute atomic E-state index is 5.50. The first-order chi connectivity index (χ1) is 8.19. The lowest BCUT2D eigenvalue weighted by Gasteiger charge is -2.28. The predicted molar refractivity (Wildman–Crippen MR) is 76.5 cm³/mol. The van der Waals surface area contributed by atoms with Crippen LogP contribution in [0.4, 0.5) is 0 Å². The molecule has 0 spiro atoms. The van der Waals surface area contributed by atoms with Gasteiger partial charge in [-0.25, -0.2) is 0 Å². The van der Waals surface area contributed by atoms with Crippen molar-refractivity contribution < 1.29 is 4.74 Å². The van der Waals surface area contributed by atoms with E-state index >= 15 is 0 Å². The first kappa shape index (κ1) is 16.9. The summed E-state index contributed by atoms with van der Waals surface area (Å²) in [7, 11) is 1.82. The van der Waals surface area contributed by atoms with E-state index in [4.69, 9.17) is 4.74 Å². The van der Waals surface area contributed by atoms with Gasteiger partial charge in [-0.15, -0.1) is 0 Å². The lowest BCUT2D eigenvalue weighted by molar-refractivity contribution is 0.0727. The lowest BCUT2D eigenvalue weighted by atomic mass is 9.90. The zero-order chi connectivity index (χ0) is 13.1. The number of unbranched alkanes of at least 4 members (excludes halogenated alkanes) is 1. The molecular formula is C15H33NO. The highest BCUT2D eigenvalue weighted by atomic mass is 16.5. The molecule has 0 saturated heterocycles. The van der Waals surface area contributed by atoms with Gasteiger partial charge in [0.25, 0.3) is 0 Å². The fraction of sp³-hybridized carbons (Fsp3) is 1.00. The quantitative estimate of drug-likeness (QED) is 0.592. The van der Waals surface area contributed by atoms with Gasteiger partial charge in [-0.1, -0.05) is 46.5 Å². The highest BCUT2D eigenvalue weighted by molar-refractivity contribution is 4.77. The van der Waals surface area contributed by atoms with Gasteiger partial charge in [0.1, 0.15) is 0 Å². The molecule has 0 aromatic carbocycles. The molecule has 2 nitrogen and oxygen atoms in total. The summed E-state index contributed by atoms with van der Waals surface area (Å²) >= 11 is 0. The Morgan fingerprint density at radius 2 is 1.82 bits per heavy atom. The van der Waals surface area contributed by atoms with E-state index in [9.17, 15) is 0 Å². The average molecular weight is 243 g/mol. The summed E-state index contributed by atoms with van der Waals surface area (Å²) in [5.74, 6) is 0.849. The van der Waals surface area contributed by atoms with Gasteiger partial charge in [0.2, 0.25) is 0 Å². The van der Waals surface area contributed by atoms with Crippen LogP contribution in [0.2, 0.25) is 0 Å². The second-order valence-electron chi connectivity index (χ2n) is 5.15. The first-order valence-corrected chi connectivity index (χ1v) is 7.45. The Kier molecular flexibility index (Phi) is 11.0. The van der Waals surface area contributed by atoms with Crippen LogP contribution in [0.1, 0.15) is 66.2 Å². The smallest absolute Gasteiger partial charge is 0.0696 e. The molecule has 3 unspecified atom stereocenters. The van der Waals surface area contributed by atoms with Crippen molar-refractivity contribution in [1.82, 2.24) is 5.32 Å². The molecular weight excluding hydrogens is 210 g/mol. The first-order valence-electron chi connectivity index (χ1n) is 7.45. The van der Waals surface area contributed by atoms with Crippen LogP contribution in [0.25, 0.3) is 0 Å². The van der Waals surface area contributed by atoms with E-state index in [1.807, 2.05) is 7.11 Å². The van der Waals surface area contributed by atoms with Gasteiger partial charge in [0, 0.05) is 13.2 Å². The minimum absolute atomic E-state index is 0.317. The molecule has 0 radical (unpaired) electrons. The molecule has 3 atom stereocenters. The van der Waals surface area contributed by atoms with Crippen molar-refractivity contribution in [2.24, 2.45) is 5.92 Å². The number of ether oxygens (including phenoxy) is 1. The van der Waals surface area contributed by atoms with Gasteiger partial charge in [0.05, 0.1) is 6.10 Å². The second kappa shape index (κ2) is 11.0. The third-order valence-electron chi connectivity index (χ3n) is 3.73. The summed E-state index contributed by atoms with van der Waals surface area (Å²) in [5.41, 5.74) is 0. The van der Waals surface area contributed by atoms with Crippen molar-refractivity contribution in [2.75, 3.05) is 13.7 Å². The number of hydrogen-bond donors (Lipinski definition) is 1. The summed E-state index contributed by atoms with van der Waals surface area (Å²) in [4.78, 5) is 0. The van der Waals surface area contributed by atoms with Crippen molar-refractivity contribution in [1.29, 1.82) is 0 Å². The third kappa shape index (κ3) is 7.77. The molecule has 0 rings (SSSR count). The summed E-state index contributed by atoms with van der Waals surface area (Å²) in [6.45, 7) is 10.1. The molecule has 0 bridgehead atoms. The summed E-state index contributed by atoms with van der Waals surface area (Å²) in [6, 6.07) is 0.516. The molecule has 0 aliphatic carbocycles. The van der Waals surface area contributed by atoms with Crippen LogP contribution in [-0.4, -0.2) is 25.8 Å². The second-order valence-corrected chi connectivity index (χ2v) is 5.15. The van der Waals surface area contributed by atoms with Crippen molar-refractivity contribution in [3.63, 3.8) is 0 Å². The third-order valence-corrected chi connectivity index (χ3v) is 3.73.